The standard InChI is InChI=1S/C14H17NOS/c1-3-6-12(13-7-5-8-17-13)15-10-11(4-2)9-14(15)16/h2,5,7-8,11-12H,3,6,9-10H2,1H3. The molecule has 0 bridgehead atoms. The smallest absolute Gasteiger partial charge is 0.224 e. The second kappa shape index (κ2) is 5.37. The van der Waals surface area contributed by atoms with Crippen LogP contribution in [-0.4, -0.2) is 17.4 Å². The van der Waals surface area contributed by atoms with Crippen molar-refractivity contribution >= 4 is 17.2 Å². The van der Waals surface area contributed by atoms with E-state index in [0.717, 1.165) is 19.4 Å². The van der Waals surface area contributed by atoms with E-state index >= 15 is 0 Å². The molecule has 1 aromatic heterocycles. The highest BCUT2D eigenvalue weighted by atomic mass is 32.1. The molecule has 1 fully saturated rings. The number of likely N-dealkylation sites (tertiary alicyclic amines) is 1. The molecule has 1 saturated heterocycles. The zero-order valence-electron chi connectivity index (χ0n) is 10.1. The Bertz CT molecular complexity index is 418. The largest absolute Gasteiger partial charge is 0.334 e. The van der Waals surface area contributed by atoms with Crippen molar-refractivity contribution in [2.75, 3.05) is 6.54 Å². The highest BCUT2D eigenvalue weighted by Crippen LogP contribution is 2.33. The predicted molar refractivity (Wildman–Crippen MR) is 70.6 cm³/mol. The van der Waals surface area contributed by atoms with Crippen LogP contribution in [0.5, 0.6) is 0 Å². The number of rotatable bonds is 4. The van der Waals surface area contributed by atoms with Crippen molar-refractivity contribution in [2.45, 2.75) is 32.2 Å². The quantitative estimate of drug-likeness (QED) is 0.749. The van der Waals surface area contributed by atoms with Crippen molar-refractivity contribution in [3.8, 4) is 12.3 Å². The molecule has 2 nitrogen and oxygen atoms in total. The van der Waals surface area contributed by atoms with Crippen molar-refractivity contribution in [1.82, 2.24) is 4.90 Å². The third-order valence-electron chi connectivity index (χ3n) is 3.20. The maximum atomic E-state index is 12.0. The lowest BCUT2D eigenvalue weighted by Gasteiger charge is -2.26. The zero-order chi connectivity index (χ0) is 12.3. The third-order valence-corrected chi connectivity index (χ3v) is 4.18. The van der Waals surface area contributed by atoms with Crippen LogP contribution in [0.4, 0.5) is 0 Å². The fraction of sp³-hybridized carbons (Fsp3) is 0.500. The van der Waals surface area contributed by atoms with E-state index in [1.54, 1.807) is 11.3 Å². The highest BCUT2D eigenvalue weighted by molar-refractivity contribution is 7.10. The van der Waals surface area contributed by atoms with Crippen molar-refractivity contribution in [3.05, 3.63) is 22.4 Å². The lowest BCUT2D eigenvalue weighted by atomic mass is 10.1. The zero-order valence-corrected chi connectivity index (χ0v) is 10.9. The fourth-order valence-electron chi connectivity index (χ4n) is 2.35. The molecule has 2 rings (SSSR count). The average Bonchev–Trinajstić information content (AvgIpc) is 2.95. The normalized spacial score (nSPS) is 21.5. The van der Waals surface area contributed by atoms with Gasteiger partial charge >= 0.3 is 0 Å². The molecule has 3 heteroatoms. The fourth-order valence-corrected chi connectivity index (χ4v) is 3.22. The highest BCUT2D eigenvalue weighted by Gasteiger charge is 2.34. The van der Waals surface area contributed by atoms with Crippen molar-refractivity contribution in [1.29, 1.82) is 0 Å². The van der Waals surface area contributed by atoms with Gasteiger partial charge in [0.25, 0.3) is 0 Å². The van der Waals surface area contributed by atoms with Gasteiger partial charge in [-0.15, -0.1) is 23.7 Å². The van der Waals surface area contributed by atoms with E-state index in [-0.39, 0.29) is 17.9 Å². The minimum absolute atomic E-state index is 0.0989. The number of carbonyl (C=O) groups is 1. The summed E-state index contributed by atoms with van der Waals surface area (Å²) in [6.45, 7) is 2.87. The minimum Gasteiger partial charge on any atom is -0.334 e. The van der Waals surface area contributed by atoms with Crippen LogP contribution in [0.15, 0.2) is 17.5 Å². The molecule has 90 valence electrons. The maximum absolute atomic E-state index is 12.0. The summed E-state index contributed by atoms with van der Waals surface area (Å²) in [5.74, 6) is 3.01. The lowest BCUT2D eigenvalue weighted by Crippen LogP contribution is -2.29. The Morgan fingerprint density at radius 3 is 3.06 bits per heavy atom. The number of thiophene rings is 1. The molecule has 0 aromatic carbocycles. The first-order chi connectivity index (χ1) is 8.26. The van der Waals surface area contributed by atoms with Crippen LogP contribution in [0.2, 0.25) is 0 Å². The molecule has 0 radical (unpaired) electrons. The molecule has 0 spiro atoms. The van der Waals surface area contributed by atoms with Gasteiger partial charge in [0.15, 0.2) is 0 Å². The summed E-state index contributed by atoms with van der Waals surface area (Å²) in [6, 6.07) is 4.38. The SMILES string of the molecule is C#CC1CC(=O)N(C(CCC)c2cccs2)C1. The molecule has 2 unspecified atom stereocenters. The Hall–Kier alpha value is -1.27. The predicted octanol–water partition coefficient (Wildman–Crippen LogP) is 3.07. The summed E-state index contributed by atoms with van der Waals surface area (Å²) in [5.41, 5.74) is 0. The summed E-state index contributed by atoms with van der Waals surface area (Å²) < 4.78 is 0. The minimum atomic E-state index is 0.0989. The van der Waals surface area contributed by atoms with Crippen molar-refractivity contribution in [2.24, 2.45) is 5.92 Å². The van der Waals surface area contributed by atoms with Gasteiger partial charge in [0, 0.05) is 23.8 Å². The molecule has 0 aliphatic carbocycles. The third kappa shape index (κ3) is 2.53. The number of terminal acetylenes is 1. The molecule has 0 saturated carbocycles. The number of nitrogens with zero attached hydrogens (tertiary/aromatic N) is 1. The van der Waals surface area contributed by atoms with E-state index in [4.69, 9.17) is 6.42 Å². The molecule has 17 heavy (non-hydrogen) atoms. The van der Waals surface area contributed by atoms with E-state index in [1.807, 2.05) is 11.0 Å². The van der Waals surface area contributed by atoms with Crippen LogP contribution in [0.1, 0.15) is 37.1 Å². The van der Waals surface area contributed by atoms with E-state index in [2.05, 4.69) is 24.3 Å². The van der Waals surface area contributed by atoms with E-state index in [0.29, 0.717) is 6.42 Å². The van der Waals surface area contributed by atoms with Crippen LogP contribution < -0.4 is 0 Å². The Kier molecular flexibility index (Phi) is 3.86. The van der Waals surface area contributed by atoms with Crippen LogP contribution in [0, 0.1) is 18.3 Å². The Morgan fingerprint density at radius 2 is 2.53 bits per heavy atom. The number of carbonyl (C=O) groups excluding carboxylic acids is 1. The Balaban J connectivity index is 2.17. The van der Waals surface area contributed by atoms with E-state index in [1.165, 1.54) is 4.88 Å². The first kappa shape index (κ1) is 12.2. The summed E-state index contributed by atoms with van der Waals surface area (Å²) in [6.07, 6.45) is 8.03. The number of hydrogen-bond donors (Lipinski definition) is 0. The molecule has 0 N–H and O–H groups in total. The van der Waals surface area contributed by atoms with Gasteiger partial charge in [-0.2, -0.15) is 0 Å². The van der Waals surface area contributed by atoms with E-state index in [9.17, 15) is 4.79 Å². The summed E-state index contributed by atoms with van der Waals surface area (Å²) in [7, 11) is 0. The molecule has 2 heterocycles. The molecular formula is C14H17NOS. The van der Waals surface area contributed by atoms with Gasteiger partial charge in [-0.25, -0.2) is 0 Å². The topological polar surface area (TPSA) is 20.3 Å². The molecule has 1 amide bonds. The van der Waals surface area contributed by atoms with Gasteiger partial charge in [0.2, 0.25) is 5.91 Å². The second-order valence-corrected chi connectivity index (χ2v) is 5.41. The Morgan fingerprint density at radius 1 is 1.71 bits per heavy atom. The molecule has 1 aromatic rings. The first-order valence-corrected chi connectivity index (χ1v) is 6.93. The van der Waals surface area contributed by atoms with Gasteiger partial charge in [0.1, 0.15) is 0 Å². The maximum Gasteiger partial charge on any atom is 0.224 e. The molecular weight excluding hydrogens is 230 g/mol. The van der Waals surface area contributed by atoms with Crippen molar-refractivity contribution < 1.29 is 4.79 Å². The monoisotopic (exact) mass is 247 g/mol. The van der Waals surface area contributed by atoms with Gasteiger partial charge < -0.3 is 4.90 Å². The molecule has 2 atom stereocenters. The number of amides is 1. The molecule has 1 aliphatic heterocycles. The van der Waals surface area contributed by atoms with E-state index < -0.39 is 0 Å². The number of hydrogen-bond acceptors (Lipinski definition) is 2. The van der Waals surface area contributed by atoms with Gasteiger partial charge in [-0.05, 0) is 17.9 Å². The molecule has 1 aliphatic rings. The average molecular weight is 247 g/mol. The van der Waals surface area contributed by atoms with Gasteiger partial charge in [-0.1, -0.05) is 19.4 Å². The van der Waals surface area contributed by atoms with Crippen LogP contribution in [-0.2, 0) is 4.79 Å². The van der Waals surface area contributed by atoms with Gasteiger partial charge in [-0.3, -0.25) is 4.79 Å². The van der Waals surface area contributed by atoms with Gasteiger partial charge in [0.05, 0.1) is 6.04 Å². The van der Waals surface area contributed by atoms with Crippen LogP contribution >= 0.6 is 11.3 Å². The second-order valence-electron chi connectivity index (χ2n) is 4.43. The Labute approximate surface area is 107 Å². The first-order valence-electron chi connectivity index (χ1n) is 6.05. The van der Waals surface area contributed by atoms with Crippen molar-refractivity contribution in [3.63, 3.8) is 0 Å². The summed E-state index contributed by atoms with van der Waals surface area (Å²) >= 11 is 1.72. The summed E-state index contributed by atoms with van der Waals surface area (Å²) in [5, 5.41) is 2.07. The lowest BCUT2D eigenvalue weighted by molar-refractivity contribution is -0.129. The summed E-state index contributed by atoms with van der Waals surface area (Å²) in [4.78, 5) is 15.2. The van der Waals surface area contributed by atoms with Crippen LogP contribution in [0.25, 0.3) is 0 Å². The van der Waals surface area contributed by atoms with Crippen LogP contribution in [0.3, 0.4) is 0 Å².